The molecule has 8 heteroatoms. The van der Waals surface area contributed by atoms with E-state index in [0.717, 1.165) is 6.07 Å². The molecule has 4 nitrogen and oxygen atoms in total. The molecule has 0 saturated heterocycles. The lowest BCUT2D eigenvalue weighted by Gasteiger charge is -2.19. The average molecular weight is 439 g/mol. The molecular formula is C22H25F3N2O2S. The smallest absolute Gasteiger partial charge is 0.317 e. The number of nitrogens with zero attached hydrogens (tertiary/aromatic N) is 2. The van der Waals surface area contributed by atoms with Crippen molar-refractivity contribution < 1.29 is 21.6 Å². The Morgan fingerprint density at radius 2 is 1.73 bits per heavy atom. The minimum Gasteiger partial charge on any atom is -0.317 e. The Hall–Kier alpha value is -2.53. The van der Waals surface area contributed by atoms with Crippen molar-refractivity contribution in [2.45, 2.75) is 58.4 Å². The third kappa shape index (κ3) is 4.31. The van der Waals surface area contributed by atoms with Gasteiger partial charge in [-0.25, -0.2) is 8.42 Å². The van der Waals surface area contributed by atoms with Crippen LogP contribution in [-0.2, 0) is 16.0 Å². The van der Waals surface area contributed by atoms with Crippen LogP contribution in [0.5, 0.6) is 0 Å². The number of rotatable bonds is 4. The fraction of sp³-hybridized carbons (Fsp3) is 0.409. The summed E-state index contributed by atoms with van der Waals surface area (Å²) in [6.45, 7) is 9.77. The summed E-state index contributed by atoms with van der Waals surface area (Å²) in [5.41, 5.74) is 0.570. The first-order chi connectivity index (χ1) is 13.6. The predicted octanol–water partition coefficient (Wildman–Crippen LogP) is 6.01. The first-order valence-corrected chi connectivity index (χ1v) is 10.9. The van der Waals surface area contributed by atoms with Crippen LogP contribution >= 0.6 is 0 Å². The van der Waals surface area contributed by atoms with E-state index >= 15 is 0 Å². The quantitative estimate of drug-likeness (QED) is 0.550. The van der Waals surface area contributed by atoms with E-state index < -0.39 is 31.2 Å². The van der Waals surface area contributed by atoms with Gasteiger partial charge in [0.1, 0.15) is 11.0 Å². The Bertz CT molecular complexity index is 1130. The van der Waals surface area contributed by atoms with Crippen LogP contribution in [0, 0.1) is 18.3 Å². The number of alkyl halides is 3. The lowest BCUT2D eigenvalue weighted by atomic mass is 10.1. The molecule has 0 aliphatic carbocycles. The second-order valence-electron chi connectivity index (χ2n) is 8.35. The number of hydrogen-bond donors (Lipinski definition) is 0. The Morgan fingerprint density at radius 3 is 2.20 bits per heavy atom. The molecule has 30 heavy (non-hydrogen) atoms. The van der Waals surface area contributed by atoms with Crippen molar-refractivity contribution in [1.82, 2.24) is 4.57 Å². The summed E-state index contributed by atoms with van der Waals surface area (Å²) in [5, 5.41) is 9.48. The van der Waals surface area contributed by atoms with E-state index in [4.69, 9.17) is 0 Å². The highest BCUT2D eigenvalue weighted by atomic mass is 32.2. The molecule has 0 aliphatic rings. The molecule has 0 spiro atoms. The van der Waals surface area contributed by atoms with Crippen LogP contribution in [0.4, 0.5) is 13.2 Å². The molecule has 162 valence electrons. The highest BCUT2D eigenvalue weighted by Crippen LogP contribution is 2.37. The summed E-state index contributed by atoms with van der Waals surface area (Å²) >= 11 is 0. The third-order valence-corrected chi connectivity index (χ3v) is 7.25. The van der Waals surface area contributed by atoms with Crippen molar-refractivity contribution in [3.63, 3.8) is 0 Å². The maximum Gasteiger partial charge on any atom is 0.418 e. The third-order valence-electron chi connectivity index (χ3n) is 4.85. The van der Waals surface area contributed by atoms with Gasteiger partial charge in [-0.2, -0.15) is 18.4 Å². The second kappa shape index (κ2) is 7.95. The minimum atomic E-state index is -4.55. The van der Waals surface area contributed by atoms with Crippen LogP contribution in [0.3, 0.4) is 0 Å². The van der Waals surface area contributed by atoms with Crippen molar-refractivity contribution >= 4 is 15.9 Å². The molecule has 0 bridgehead atoms. The van der Waals surface area contributed by atoms with Gasteiger partial charge in [0.05, 0.1) is 16.0 Å². The molecule has 0 N–H and O–H groups in total. The van der Waals surface area contributed by atoms with Crippen LogP contribution in [0.25, 0.3) is 11.8 Å². The normalized spacial score (nSPS) is 13.6. The van der Waals surface area contributed by atoms with Crippen molar-refractivity contribution in [3.8, 4) is 11.8 Å². The Kier molecular flexibility index (Phi) is 6.29. The topological polar surface area (TPSA) is 62.9 Å². The number of allylic oxidation sites excluding steroid dienone is 1. The van der Waals surface area contributed by atoms with Crippen LogP contribution in [0.2, 0.25) is 0 Å². The number of halogens is 3. The maximum absolute atomic E-state index is 13.6. The molecule has 0 unspecified atom stereocenters. The predicted molar refractivity (Wildman–Crippen MR) is 112 cm³/mol. The Labute approximate surface area is 175 Å². The molecule has 1 aromatic heterocycles. The van der Waals surface area contributed by atoms with Crippen molar-refractivity contribution in [1.29, 1.82) is 5.26 Å². The first kappa shape index (κ1) is 23.7. The standard InChI is InChI=1S/C22H25F3N2O2S/c1-14(2)20-12-16(11-17(13-26)30(28,29)21(4,5)6)15(3)27(20)19-10-8-7-9-18(19)22(23,24)25/h7-12,14H,1-6H3/b17-11+. The molecule has 0 atom stereocenters. The van der Waals surface area contributed by atoms with Crippen molar-refractivity contribution in [3.05, 3.63) is 57.8 Å². The number of benzene rings is 1. The van der Waals surface area contributed by atoms with E-state index in [2.05, 4.69) is 0 Å². The van der Waals surface area contributed by atoms with Gasteiger partial charge in [0.2, 0.25) is 0 Å². The van der Waals surface area contributed by atoms with Gasteiger partial charge in [-0.1, -0.05) is 26.0 Å². The first-order valence-electron chi connectivity index (χ1n) is 9.38. The number of aromatic nitrogens is 1. The zero-order valence-corrected chi connectivity index (χ0v) is 18.6. The fourth-order valence-electron chi connectivity index (χ4n) is 3.09. The lowest BCUT2D eigenvalue weighted by Crippen LogP contribution is -2.28. The molecular weight excluding hydrogens is 413 g/mol. The average Bonchev–Trinajstić information content (AvgIpc) is 2.94. The number of hydrogen-bond acceptors (Lipinski definition) is 3. The van der Waals surface area contributed by atoms with Crippen LogP contribution in [0.15, 0.2) is 35.2 Å². The molecule has 0 fully saturated rings. The van der Waals surface area contributed by atoms with Gasteiger partial charge in [-0.3, -0.25) is 0 Å². The van der Waals surface area contributed by atoms with E-state index in [1.807, 2.05) is 13.8 Å². The van der Waals surface area contributed by atoms with Gasteiger partial charge >= 0.3 is 6.18 Å². The number of sulfone groups is 1. The zero-order valence-electron chi connectivity index (χ0n) is 17.8. The Balaban J connectivity index is 2.84. The van der Waals surface area contributed by atoms with Gasteiger partial charge in [-0.05, 0) is 63.5 Å². The van der Waals surface area contributed by atoms with E-state index in [1.165, 1.54) is 49.6 Å². The van der Waals surface area contributed by atoms with Gasteiger partial charge in [0.25, 0.3) is 0 Å². The molecule has 1 aromatic carbocycles. The maximum atomic E-state index is 13.6. The summed E-state index contributed by atoms with van der Waals surface area (Å²) in [7, 11) is -3.91. The lowest BCUT2D eigenvalue weighted by molar-refractivity contribution is -0.137. The van der Waals surface area contributed by atoms with E-state index in [-0.39, 0.29) is 11.6 Å². The molecule has 0 amide bonds. The van der Waals surface area contributed by atoms with Crippen LogP contribution < -0.4 is 0 Å². The monoisotopic (exact) mass is 438 g/mol. The molecule has 2 rings (SSSR count). The number of para-hydroxylation sites is 1. The fourth-order valence-corrected chi connectivity index (χ4v) is 4.15. The van der Waals surface area contributed by atoms with Gasteiger partial charge < -0.3 is 4.57 Å². The molecule has 1 heterocycles. The van der Waals surface area contributed by atoms with E-state index in [9.17, 15) is 26.9 Å². The second-order valence-corrected chi connectivity index (χ2v) is 11.0. The minimum absolute atomic E-state index is 0.0389. The Morgan fingerprint density at radius 1 is 1.17 bits per heavy atom. The number of nitriles is 1. The van der Waals surface area contributed by atoms with Crippen LogP contribution in [0.1, 0.15) is 63.1 Å². The summed E-state index contributed by atoms with van der Waals surface area (Å²) in [5.74, 6) is -0.142. The van der Waals surface area contributed by atoms with Crippen molar-refractivity contribution in [2.24, 2.45) is 0 Å². The molecule has 0 aliphatic heterocycles. The highest BCUT2D eigenvalue weighted by Gasteiger charge is 2.35. The molecule has 0 saturated carbocycles. The highest BCUT2D eigenvalue weighted by molar-refractivity contribution is 7.97. The summed E-state index contributed by atoms with van der Waals surface area (Å²) < 4.78 is 66.6. The summed E-state index contributed by atoms with van der Waals surface area (Å²) in [4.78, 5) is -0.422. The summed E-state index contributed by atoms with van der Waals surface area (Å²) in [6, 6.07) is 8.62. The van der Waals surface area contributed by atoms with Gasteiger partial charge in [0, 0.05) is 11.4 Å². The molecule has 0 radical (unpaired) electrons. The molecule has 2 aromatic rings. The SMILES string of the molecule is Cc1c(/C=C(\C#N)S(=O)(=O)C(C)(C)C)cc(C(C)C)n1-c1ccccc1C(F)(F)F. The van der Waals surface area contributed by atoms with Gasteiger partial charge in [0.15, 0.2) is 9.84 Å². The largest absolute Gasteiger partial charge is 0.418 e. The van der Waals surface area contributed by atoms with Crippen LogP contribution in [-0.4, -0.2) is 17.7 Å². The van der Waals surface area contributed by atoms with E-state index in [1.54, 1.807) is 19.1 Å². The summed E-state index contributed by atoms with van der Waals surface area (Å²) in [6.07, 6.45) is -3.31. The van der Waals surface area contributed by atoms with E-state index in [0.29, 0.717) is 17.0 Å². The zero-order chi connectivity index (χ0) is 23.1. The van der Waals surface area contributed by atoms with Gasteiger partial charge in [-0.15, -0.1) is 0 Å². The van der Waals surface area contributed by atoms with Crippen molar-refractivity contribution in [2.75, 3.05) is 0 Å².